The fraction of sp³-hybridized carbons (Fsp3) is 0.0500. The zero-order valence-electron chi connectivity index (χ0n) is 23.4. The SMILES string of the molecule is C1=CCC2C(=C1)Sc1ccc(N(c3ccccc3)c3ccc(-c4ccc5c(ccc6oc7ccccc7c65)c4)cc3)cc12. The Bertz CT molecular complexity index is 2240. The van der Waals surface area contributed by atoms with Gasteiger partial charge in [-0.05, 0) is 99.5 Å². The van der Waals surface area contributed by atoms with Crippen molar-refractivity contribution < 1.29 is 4.42 Å². The summed E-state index contributed by atoms with van der Waals surface area (Å²) < 4.78 is 6.12. The van der Waals surface area contributed by atoms with Crippen LogP contribution < -0.4 is 4.90 Å². The molecule has 9 rings (SSSR count). The van der Waals surface area contributed by atoms with E-state index in [2.05, 4.69) is 138 Å². The summed E-state index contributed by atoms with van der Waals surface area (Å²) in [7, 11) is 0. The van der Waals surface area contributed by atoms with Gasteiger partial charge in [-0.1, -0.05) is 96.7 Å². The highest BCUT2D eigenvalue weighted by Crippen LogP contribution is 2.53. The van der Waals surface area contributed by atoms with Gasteiger partial charge in [-0.2, -0.15) is 0 Å². The standard InChI is InChI=1S/C40H27NOS/c1-2-8-29(9-3-1)41(31-20-23-39-35(25-31)33-10-5-7-13-38(33)43-39)30-18-14-26(15-19-30)27-16-21-32-28(24-27)17-22-37-40(32)34-11-4-6-12-36(34)42-37/h1-9,11-25,33H,10H2. The van der Waals surface area contributed by atoms with Crippen molar-refractivity contribution in [2.24, 2.45) is 0 Å². The monoisotopic (exact) mass is 569 g/mol. The highest BCUT2D eigenvalue weighted by atomic mass is 32.2. The van der Waals surface area contributed by atoms with Gasteiger partial charge in [-0.15, -0.1) is 0 Å². The Morgan fingerprint density at radius 1 is 0.628 bits per heavy atom. The molecule has 0 radical (unpaired) electrons. The molecule has 0 saturated carbocycles. The Morgan fingerprint density at radius 2 is 1.42 bits per heavy atom. The van der Waals surface area contributed by atoms with Gasteiger partial charge in [0, 0.05) is 38.6 Å². The number of hydrogen-bond acceptors (Lipinski definition) is 3. The molecule has 0 N–H and O–H groups in total. The largest absolute Gasteiger partial charge is 0.456 e. The molecule has 7 aromatic rings. The summed E-state index contributed by atoms with van der Waals surface area (Å²) in [6.07, 6.45) is 7.83. The molecule has 204 valence electrons. The van der Waals surface area contributed by atoms with Gasteiger partial charge in [0.15, 0.2) is 0 Å². The first-order valence-corrected chi connectivity index (χ1v) is 15.6. The lowest BCUT2D eigenvalue weighted by Crippen LogP contribution is -2.10. The molecule has 2 aliphatic rings. The highest BCUT2D eigenvalue weighted by Gasteiger charge is 2.29. The predicted molar refractivity (Wildman–Crippen MR) is 182 cm³/mol. The normalized spacial score (nSPS) is 15.5. The summed E-state index contributed by atoms with van der Waals surface area (Å²) in [5.74, 6) is 0.471. The van der Waals surface area contributed by atoms with Gasteiger partial charge in [-0.25, -0.2) is 0 Å². The molecule has 0 bridgehead atoms. The van der Waals surface area contributed by atoms with Gasteiger partial charge in [0.05, 0.1) is 0 Å². The average Bonchev–Trinajstić information content (AvgIpc) is 3.64. The van der Waals surface area contributed by atoms with Gasteiger partial charge < -0.3 is 9.32 Å². The van der Waals surface area contributed by atoms with Crippen LogP contribution in [0, 0.1) is 0 Å². The molecule has 1 aliphatic carbocycles. The van der Waals surface area contributed by atoms with Gasteiger partial charge >= 0.3 is 0 Å². The number of rotatable bonds is 4. The lowest BCUT2D eigenvalue weighted by molar-refractivity contribution is 0.669. The second-order valence-corrected chi connectivity index (χ2v) is 12.4. The average molecular weight is 570 g/mol. The van der Waals surface area contributed by atoms with E-state index in [1.807, 2.05) is 23.9 Å². The van der Waals surface area contributed by atoms with Crippen LogP contribution in [0.4, 0.5) is 17.1 Å². The quantitative estimate of drug-likeness (QED) is 0.210. The van der Waals surface area contributed by atoms with Crippen LogP contribution in [0.15, 0.2) is 160 Å². The first kappa shape index (κ1) is 24.6. The number of furan rings is 1. The lowest BCUT2D eigenvalue weighted by atomic mass is 9.92. The molecule has 0 amide bonds. The van der Waals surface area contributed by atoms with Crippen molar-refractivity contribution in [2.45, 2.75) is 17.2 Å². The molecular formula is C40H27NOS. The number of benzene rings is 6. The molecular weight excluding hydrogens is 543 g/mol. The minimum absolute atomic E-state index is 0.471. The zero-order valence-corrected chi connectivity index (χ0v) is 24.2. The molecule has 6 aromatic carbocycles. The summed E-state index contributed by atoms with van der Waals surface area (Å²) >= 11 is 1.92. The molecule has 1 aromatic heterocycles. The zero-order chi connectivity index (χ0) is 28.3. The third-order valence-corrected chi connectivity index (χ3v) is 10.0. The first-order chi connectivity index (χ1) is 21.3. The minimum Gasteiger partial charge on any atom is -0.456 e. The third-order valence-electron chi connectivity index (χ3n) is 8.80. The van der Waals surface area contributed by atoms with Crippen LogP contribution >= 0.6 is 11.8 Å². The molecule has 3 heteroatoms. The van der Waals surface area contributed by atoms with Gasteiger partial charge in [0.1, 0.15) is 11.2 Å². The smallest absolute Gasteiger partial charge is 0.136 e. The highest BCUT2D eigenvalue weighted by molar-refractivity contribution is 8.03. The Hall–Kier alpha value is -4.99. The van der Waals surface area contributed by atoms with E-state index in [0.29, 0.717) is 5.92 Å². The summed E-state index contributed by atoms with van der Waals surface area (Å²) in [6.45, 7) is 0. The maximum atomic E-state index is 6.12. The summed E-state index contributed by atoms with van der Waals surface area (Å²) in [6, 6.07) is 46.0. The number of allylic oxidation sites excluding steroid dienone is 4. The van der Waals surface area contributed by atoms with Crippen molar-refractivity contribution in [1.82, 2.24) is 0 Å². The fourth-order valence-corrected chi connectivity index (χ4v) is 7.94. The minimum atomic E-state index is 0.471. The Balaban J connectivity index is 1.10. The van der Waals surface area contributed by atoms with Gasteiger partial charge in [-0.3, -0.25) is 0 Å². The van der Waals surface area contributed by atoms with Crippen molar-refractivity contribution in [3.8, 4) is 11.1 Å². The third kappa shape index (κ3) is 4.04. The van der Waals surface area contributed by atoms with Crippen molar-refractivity contribution in [3.05, 3.63) is 156 Å². The molecule has 2 nitrogen and oxygen atoms in total. The number of nitrogens with zero attached hydrogens (tertiary/aromatic N) is 1. The molecule has 2 heterocycles. The molecule has 1 aliphatic heterocycles. The number of hydrogen-bond donors (Lipinski definition) is 0. The Labute approximate surface area is 254 Å². The summed E-state index contributed by atoms with van der Waals surface area (Å²) in [5.41, 5.74) is 9.20. The summed E-state index contributed by atoms with van der Waals surface area (Å²) in [4.78, 5) is 5.21. The lowest BCUT2D eigenvalue weighted by Gasteiger charge is -2.26. The number of para-hydroxylation sites is 2. The number of anilines is 3. The molecule has 1 unspecified atom stereocenters. The molecule has 0 fully saturated rings. The van der Waals surface area contributed by atoms with E-state index in [1.165, 1.54) is 53.7 Å². The van der Waals surface area contributed by atoms with Crippen LogP contribution in [0.5, 0.6) is 0 Å². The molecule has 1 atom stereocenters. The summed E-state index contributed by atoms with van der Waals surface area (Å²) in [5, 5.41) is 4.79. The van der Waals surface area contributed by atoms with Crippen LogP contribution in [0.25, 0.3) is 43.8 Å². The number of thioether (sulfide) groups is 1. The van der Waals surface area contributed by atoms with Crippen LogP contribution in [0.3, 0.4) is 0 Å². The van der Waals surface area contributed by atoms with E-state index < -0.39 is 0 Å². The van der Waals surface area contributed by atoms with Gasteiger partial charge in [0.25, 0.3) is 0 Å². The number of fused-ring (bicyclic) bond motifs is 8. The van der Waals surface area contributed by atoms with Crippen molar-refractivity contribution >= 4 is 61.5 Å². The van der Waals surface area contributed by atoms with Crippen molar-refractivity contribution in [1.29, 1.82) is 0 Å². The Kier molecular flexibility index (Phi) is 5.60. The predicted octanol–water partition coefficient (Wildman–Crippen LogP) is 11.9. The van der Waals surface area contributed by atoms with Crippen LogP contribution in [-0.4, -0.2) is 0 Å². The van der Waals surface area contributed by atoms with E-state index in [4.69, 9.17) is 4.42 Å². The maximum absolute atomic E-state index is 6.12. The van der Waals surface area contributed by atoms with E-state index in [1.54, 1.807) is 0 Å². The van der Waals surface area contributed by atoms with E-state index in [0.717, 1.165) is 29.0 Å². The van der Waals surface area contributed by atoms with Gasteiger partial charge in [0.2, 0.25) is 0 Å². The van der Waals surface area contributed by atoms with Crippen molar-refractivity contribution in [2.75, 3.05) is 4.90 Å². The maximum Gasteiger partial charge on any atom is 0.136 e. The topological polar surface area (TPSA) is 16.4 Å². The molecule has 0 spiro atoms. The van der Waals surface area contributed by atoms with Crippen LogP contribution in [0.1, 0.15) is 17.9 Å². The molecule has 43 heavy (non-hydrogen) atoms. The molecule has 0 saturated heterocycles. The second kappa shape index (κ2) is 9.79. The Morgan fingerprint density at radius 3 is 2.33 bits per heavy atom. The fourth-order valence-electron chi connectivity index (χ4n) is 6.72. The van der Waals surface area contributed by atoms with Crippen molar-refractivity contribution in [3.63, 3.8) is 0 Å². The van der Waals surface area contributed by atoms with E-state index in [-0.39, 0.29) is 0 Å². The second-order valence-electron chi connectivity index (χ2n) is 11.3. The van der Waals surface area contributed by atoms with Crippen LogP contribution in [0.2, 0.25) is 0 Å². The van der Waals surface area contributed by atoms with Crippen LogP contribution in [-0.2, 0) is 0 Å². The first-order valence-electron chi connectivity index (χ1n) is 14.8. The van der Waals surface area contributed by atoms with E-state index >= 15 is 0 Å². The van der Waals surface area contributed by atoms with E-state index in [9.17, 15) is 0 Å².